The normalized spacial score (nSPS) is 24.1. The topological polar surface area (TPSA) is 46.5 Å². The lowest BCUT2D eigenvalue weighted by atomic mass is 9.73. The van der Waals surface area contributed by atoms with Gasteiger partial charge in [-0.15, -0.1) is 0 Å². The summed E-state index contributed by atoms with van der Waals surface area (Å²) in [5.41, 5.74) is 7.84. The summed E-state index contributed by atoms with van der Waals surface area (Å²) in [7, 11) is 0. The fourth-order valence-corrected chi connectivity index (χ4v) is 4.73. The van der Waals surface area contributed by atoms with Gasteiger partial charge >= 0.3 is 5.97 Å². The van der Waals surface area contributed by atoms with E-state index >= 15 is 0 Å². The minimum Gasteiger partial charge on any atom is -0.508 e. The summed E-state index contributed by atoms with van der Waals surface area (Å²) >= 11 is 0. The van der Waals surface area contributed by atoms with Crippen LogP contribution < -0.4 is 0 Å². The summed E-state index contributed by atoms with van der Waals surface area (Å²) in [6.45, 7) is 6.38. The van der Waals surface area contributed by atoms with Gasteiger partial charge in [-0.05, 0) is 85.0 Å². The van der Waals surface area contributed by atoms with Gasteiger partial charge in [-0.25, -0.2) is 0 Å². The second-order valence-corrected chi connectivity index (χ2v) is 7.88. The molecule has 1 heterocycles. The maximum Gasteiger partial charge on any atom is 0.309 e. The third-order valence-corrected chi connectivity index (χ3v) is 6.36. The molecule has 1 aliphatic carbocycles. The molecule has 0 bridgehead atoms. The zero-order chi connectivity index (χ0) is 18.4. The predicted molar refractivity (Wildman–Crippen MR) is 101 cm³/mol. The van der Waals surface area contributed by atoms with Gasteiger partial charge in [0, 0.05) is 5.92 Å². The van der Waals surface area contributed by atoms with E-state index in [9.17, 15) is 9.90 Å². The van der Waals surface area contributed by atoms with Gasteiger partial charge in [0.25, 0.3) is 0 Å². The van der Waals surface area contributed by atoms with Crippen LogP contribution in [0.3, 0.4) is 0 Å². The molecule has 3 atom stereocenters. The van der Waals surface area contributed by atoms with Gasteiger partial charge in [0.15, 0.2) is 0 Å². The average Bonchev–Trinajstić information content (AvgIpc) is 2.92. The SMILES string of the molecule is Cc1cc(CCc2ccc(O)cc2)c(C)c2c1CC[C@H]1C(C)C(=O)OC21. The number of phenolic OH excluding ortho intramolecular Hbond substituents is 1. The molecule has 1 N–H and O–H groups in total. The first kappa shape index (κ1) is 17.1. The van der Waals surface area contributed by atoms with Crippen LogP contribution >= 0.6 is 0 Å². The summed E-state index contributed by atoms with van der Waals surface area (Å²) in [6, 6.07) is 9.75. The van der Waals surface area contributed by atoms with Crippen LogP contribution in [0.1, 0.15) is 52.8 Å². The predicted octanol–water partition coefficient (Wildman–Crippen LogP) is 4.59. The number of aromatic hydroxyl groups is 1. The second-order valence-electron chi connectivity index (χ2n) is 7.88. The van der Waals surface area contributed by atoms with E-state index in [1.807, 2.05) is 19.1 Å². The number of fused-ring (bicyclic) bond motifs is 3. The maximum absolute atomic E-state index is 12.1. The number of rotatable bonds is 3. The summed E-state index contributed by atoms with van der Waals surface area (Å²) in [4.78, 5) is 12.1. The Morgan fingerprint density at radius 2 is 1.88 bits per heavy atom. The van der Waals surface area contributed by atoms with E-state index in [1.54, 1.807) is 12.1 Å². The number of aryl methyl sites for hydroxylation is 3. The number of carbonyl (C=O) groups excluding carboxylic acids is 1. The van der Waals surface area contributed by atoms with Crippen LogP contribution in [0.4, 0.5) is 0 Å². The van der Waals surface area contributed by atoms with Crippen molar-refractivity contribution in [1.29, 1.82) is 0 Å². The van der Waals surface area contributed by atoms with Gasteiger partial charge in [0.2, 0.25) is 0 Å². The van der Waals surface area contributed by atoms with E-state index in [1.165, 1.54) is 33.4 Å². The van der Waals surface area contributed by atoms with Gasteiger partial charge < -0.3 is 9.84 Å². The van der Waals surface area contributed by atoms with Crippen LogP contribution in [0, 0.1) is 25.7 Å². The molecule has 2 unspecified atom stereocenters. The number of ether oxygens (including phenoxy) is 1. The molecule has 3 heteroatoms. The summed E-state index contributed by atoms with van der Waals surface area (Å²) < 4.78 is 5.80. The van der Waals surface area contributed by atoms with Gasteiger partial charge in [0.05, 0.1) is 5.92 Å². The second kappa shape index (κ2) is 6.46. The van der Waals surface area contributed by atoms with Crippen molar-refractivity contribution in [3.05, 3.63) is 63.7 Å². The van der Waals surface area contributed by atoms with Gasteiger partial charge in [-0.2, -0.15) is 0 Å². The summed E-state index contributed by atoms with van der Waals surface area (Å²) in [5, 5.41) is 9.44. The first-order valence-electron chi connectivity index (χ1n) is 9.56. The van der Waals surface area contributed by atoms with E-state index in [0.29, 0.717) is 11.7 Å². The summed E-state index contributed by atoms with van der Waals surface area (Å²) in [5.74, 6) is 0.589. The minimum atomic E-state index is -0.0615. The molecule has 136 valence electrons. The molecule has 2 aromatic carbocycles. The highest BCUT2D eigenvalue weighted by Crippen LogP contribution is 2.48. The van der Waals surface area contributed by atoms with Crippen molar-refractivity contribution in [1.82, 2.24) is 0 Å². The number of benzene rings is 2. The Bertz CT molecular complexity index is 851. The zero-order valence-electron chi connectivity index (χ0n) is 15.7. The molecule has 1 aliphatic heterocycles. The van der Waals surface area contributed by atoms with Crippen molar-refractivity contribution in [3.8, 4) is 5.75 Å². The third kappa shape index (κ3) is 2.80. The van der Waals surface area contributed by atoms with Crippen LogP contribution in [0.2, 0.25) is 0 Å². The molecule has 26 heavy (non-hydrogen) atoms. The standard InChI is InChI=1S/C23H26O3/c1-13-12-17(7-4-16-5-8-18(24)9-6-16)14(2)21-19(13)10-11-20-15(3)23(25)26-22(20)21/h5-6,8-9,12,15,20,22,24H,4,7,10-11H2,1-3H3/t15?,20-,22?/m0/s1. The Morgan fingerprint density at radius 3 is 2.62 bits per heavy atom. The lowest BCUT2D eigenvalue weighted by Gasteiger charge is -2.31. The molecular weight excluding hydrogens is 324 g/mol. The van der Waals surface area contributed by atoms with Gasteiger partial charge in [0.1, 0.15) is 11.9 Å². The number of esters is 1. The third-order valence-electron chi connectivity index (χ3n) is 6.36. The fraction of sp³-hybridized carbons (Fsp3) is 0.435. The molecule has 4 rings (SSSR count). The Morgan fingerprint density at radius 1 is 1.15 bits per heavy atom. The van der Waals surface area contributed by atoms with Gasteiger partial charge in [-0.3, -0.25) is 4.79 Å². The van der Waals surface area contributed by atoms with E-state index in [2.05, 4.69) is 19.9 Å². The van der Waals surface area contributed by atoms with Gasteiger partial charge in [-0.1, -0.05) is 25.1 Å². The molecule has 0 saturated carbocycles. The van der Waals surface area contributed by atoms with Crippen LogP contribution in [0.25, 0.3) is 0 Å². The van der Waals surface area contributed by atoms with Crippen molar-refractivity contribution < 1.29 is 14.6 Å². The molecular formula is C23H26O3. The average molecular weight is 350 g/mol. The first-order valence-corrected chi connectivity index (χ1v) is 9.56. The number of phenols is 1. The number of hydrogen-bond acceptors (Lipinski definition) is 3. The Hall–Kier alpha value is -2.29. The van der Waals surface area contributed by atoms with Crippen LogP contribution in [0.15, 0.2) is 30.3 Å². The molecule has 0 aromatic heterocycles. The highest BCUT2D eigenvalue weighted by atomic mass is 16.6. The van der Waals surface area contributed by atoms with E-state index < -0.39 is 0 Å². The lowest BCUT2D eigenvalue weighted by Crippen LogP contribution is -2.23. The molecule has 0 radical (unpaired) electrons. The van der Waals surface area contributed by atoms with E-state index in [-0.39, 0.29) is 18.0 Å². The largest absolute Gasteiger partial charge is 0.508 e. The molecule has 1 fully saturated rings. The Labute approximate surface area is 155 Å². The quantitative estimate of drug-likeness (QED) is 0.824. The molecule has 1 saturated heterocycles. The number of carbonyl (C=O) groups is 1. The van der Waals surface area contributed by atoms with Crippen LogP contribution in [0.5, 0.6) is 5.75 Å². The van der Waals surface area contributed by atoms with Crippen molar-refractivity contribution in [2.45, 2.75) is 52.6 Å². The maximum atomic E-state index is 12.1. The van der Waals surface area contributed by atoms with Crippen LogP contribution in [-0.2, 0) is 28.8 Å². The van der Waals surface area contributed by atoms with Crippen molar-refractivity contribution in [2.24, 2.45) is 11.8 Å². The number of hydrogen-bond donors (Lipinski definition) is 1. The zero-order valence-corrected chi connectivity index (χ0v) is 15.7. The molecule has 0 amide bonds. The Balaban J connectivity index is 1.66. The lowest BCUT2D eigenvalue weighted by molar-refractivity contribution is -0.144. The fourth-order valence-electron chi connectivity index (χ4n) is 4.73. The molecule has 3 nitrogen and oxygen atoms in total. The van der Waals surface area contributed by atoms with E-state index in [4.69, 9.17) is 4.74 Å². The monoisotopic (exact) mass is 350 g/mol. The van der Waals surface area contributed by atoms with Crippen molar-refractivity contribution in [3.63, 3.8) is 0 Å². The molecule has 0 spiro atoms. The van der Waals surface area contributed by atoms with Crippen LogP contribution in [-0.4, -0.2) is 11.1 Å². The van der Waals surface area contributed by atoms with Crippen molar-refractivity contribution in [2.75, 3.05) is 0 Å². The highest BCUT2D eigenvalue weighted by Gasteiger charge is 2.46. The molecule has 2 aromatic rings. The first-order chi connectivity index (χ1) is 12.5. The molecule has 2 aliphatic rings. The smallest absolute Gasteiger partial charge is 0.309 e. The van der Waals surface area contributed by atoms with E-state index in [0.717, 1.165) is 25.7 Å². The van der Waals surface area contributed by atoms with Crippen molar-refractivity contribution >= 4 is 5.97 Å². The Kier molecular flexibility index (Phi) is 4.26. The highest BCUT2D eigenvalue weighted by molar-refractivity contribution is 5.75. The summed E-state index contributed by atoms with van der Waals surface area (Å²) in [6.07, 6.45) is 3.91. The minimum absolute atomic E-state index is 0.00788.